The zero-order chi connectivity index (χ0) is 13.8. The van der Waals surface area contributed by atoms with Crippen LogP contribution in [0.4, 0.5) is 0 Å². The van der Waals surface area contributed by atoms with Gasteiger partial charge in [-0.05, 0) is 39.7 Å². The van der Waals surface area contributed by atoms with Gasteiger partial charge in [0.25, 0.3) is 0 Å². The van der Waals surface area contributed by atoms with Crippen molar-refractivity contribution in [1.29, 1.82) is 0 Å². The summed E-state index contributed by atoms with van der Waals surface area (Å²) in [6, 6.07) is 0. The van der Waals surface area contributed by atoms with Gasteiger partial charge in [-0.25, -0.2) is 0 Å². The lowest BCUT2D eigenvalue weighted by Crippen LogP contribution is -2.54. The van der Waals surface area contributed by atoms with E-state index in [-0.39, 0.29) is 17.3 Å². The highest BCUT2D eigenvalue weighted by molar-refractivity contribution is 8.00. The van der Waals surface area contributed by atoms with Crippen LogP contribution in [0, 0.1) is 0 Å². The predicted octanol–water partition coefficient (Wildman–Crippen LogP) is 1.56. The summed E-state index contributed by atoms with van der Waals surface area (Å²) in [7, 11) is 3.26. The molecule has 1 fully saturated rings. The second-order valence-electron chi connectivity index (χ2n) is 5.12. The monoisotopic (exact) mass is 275 g/mol. The third kappa shape index (κ3) is 3.62. The Hall–Kier alpha value is -0.260. The maximum absolute atomic E-state index is 11.9. The Bertz CT molecular complexity index is 285. The van der Waals surface area contributed by atoms with E-state index < -0.39 is 5.54 Å². The first kappa shape index (κ1) is 15.8. The molecular weight excluding hydrogens is 250 g/mol. The van der Waals surface area contributed by atoms with E-state index in [4.69, 9.17) is 4.74 Å². The Balaban J connectivity index is 2.67. The molecule has 0 saturated heterocycles. The van der Waals surface area contributed by atoms with Gasteiger partial charge in [-0.2, -0.15) is 11.8 Å². The van der Waals surface area contributed by atoms with E-state index in [1.54, 1.807) is 11.8 Å². The molecule has 18 heavy (non-hydrogen) atoms. The summed E-state index contributed by atoms with van der Waals surface area (Å²) in [4.78, 5) is 11.9. The van der Waals surface area contributed by atoms with Crippen LogP contribution in [0.25, 0.3) is 0 Å². The molecule has 0 radical (unpaired) electrons. The predicted molar refractivity (Wildman–Crippen MR) is 74.8 cm³/mol. The lowest BCUT2D eigenvalue weighted by Gasteiger charge is -2.39. The van der Waals surface area contributed by atoms with Crippen molar-refractivity contribution in [3.63, 3.8) is 0 Å². The molecule has 0 bridgehead atoms. The van der Waals surface area contributed by atoms with Gasteiger partial charge in [0.05, 0.1) is 13.2 Å². The number of thioether (sulfide) groups is 1. The molecular formula is C13H25NO3S. The number of ether oxygens (including phenoxy) is 1. The summed E-state index contributed by atoms with van der Waals surface area (Å²) >= 11 is 1.78. The van der Waals surface area contributed by atoms with Gasteiger partial charge < -0.3 is 15.2 Å². The molecule has 4 unspecified atom stereocenters. The average molecular weight is 275 g/mol. The van der Waals surface area contributed by atoms with Crippen LogP contribution >= 0.6 is 11.8 Å². The van der Waals surface area contributed by atoms with Gasteiger partial charge in [0.2, 0.25) is 0 Å². The molecule has 1 aliphatic carbocycles. The molecule has 4 nitrogen and oxygen atoms in total. The molecule has 0 aromatic carbocycles. The molecule has 106 valence electrons. The van der Waals surface area contributed by atoms with E-state index in [0.717, 1.165) is 25.7 Å². The highest BCUT2D eigenvalue weighted by Crippen LogP contribution is 2.37. The molecule has 2 N–H and O–H groups in total. The first-order valence-electron chi connectivity index (χ1n) is 6.56. The number of aliphatic hydroxyl groups excluding tert-OH is 1. The molecule has 0 amide bonds. The van der Waals surface area contributed by atoms with Crippen molar-refractivity contribution in [1.82, 2.24) is 5.32 Å². The second kappa shape index (κ2) is 6.78. The van der Waals surface area contributed by atoms with Gasteiger partial charge in [0.15, 0.2) is 0 Å². The third-order valence-electron chi connectivity index (χ3n) is 3.85. The number of hydrogen-bond donors (Lipinski definition) is 2. The summed E-state index contributed by atoms with van der Waals surface area (Å²) in [6.45, 7) is 3.84. The van der Waals surface area contributed by atoms with Crippen LogP contribution in [0.3, 0.4) is 0 Å². The minimum absolute atomic E-state index is 0.167. The van der Waals surface area contributed by atoms with Crippen molar-refractivity contribution in [3.05, 3.63) is 0 Å². The van der Waals surface area contributed by atoms with Gasteiger partial charge in [0, 0.05) is 10.5 Å². The SMILES string of the molecule is CNC1(C(=O)OC)CCCC(SC(C)C(C)O)C1. The molecule has 1 rings (SSSR count). The Morgan fingerprint density at radius 2 is 2.22 bits per heavy atom. The van der Waals surface area contributed by atoms with Crippen molar-refractivity contribution in [2.24, 2.45) is 0 Å². The van der Waals surface area contributed by atoms with E-state index in [1.165, 1.54) is 7.11 Å². The first-order chi connectivity index (χ1) is 8.45. The molecule has 1 saturated carbocycles. The number of carbonyl (C=O) groups excluding carboxylic acids is 1. The van der Waals surface area contributed by atoms with E-state index in [9.17, 15) is 9.90 Å². The van der Waals surface area contributed by atoms with Crippen LogP contribution in [-0.4, -0.2) is 47.4 Å². The smallest absolute Gasteiger partial charge is 0.326 e. The largest absolute Gasteiger partial charge is 0.468 e. The van der Waals surface area contributed by atoms with Crippen LogP contribution in [0.5, 0.6) is 0 Å². The summed E-state index contributed by atoms with van der Waals surface area (Å²) in [5.74, 6) is -0.167. The highest BCUT2D eigenvalue weighted by Gasteiger charge is 2.43. The number of nitrogens with one attached hydrogen (secondary N) is 1. The fraction of sp³-hybridized carbons (Fsp3) is 0.923. The zero-order valence-corrected chi connectivity index (χ0v) is 12.5. The van der Waals surface area contributed by atoms with Crippen molar-refractivity contribution in [2.45, 2.75) is 61.7 Å². The number of esters is 1. The van der Waals surface area contributed by atoms with E-state index in [1.807, 2.05) is 20.9 Å². The van der Waals surface area contributed by atoms with Crippen molar-refractivity contribution < 1.29 is 14.6 Å². The maximum Gasteiger partial charge on any atom is 0.326 e. The van der Waals surface area contributed by atoms with E-state index in [2.05, 4.69) is 5.32 Å². The summed E-state index contributed by atoms with van der Waals surface area (Å²) in [5.41, 5.74) is -0.539. The summed E-state index contributed by atoms with van der Waals surface area (Å²) in [6.07, 6.45) is 3.40. The molecule has 0 aromatic rings. The van der Waals surface area contributed by atoms with Crippen molar-refractivity contribution >= 4 is 17.7 Å². The topological polar surface area (TPSA) is 58.6 Å². The fourth-order valence-corrected chi connectivity index (χ4v) is 3.99. The molecule has 5 heteroatoms. The van der Waals surface area contributed by atoms with Gasteiger partial charge >= 0.3 is 5.97 Å². The van der Waals surface area contributed by atoms with Crippen LogP contribution in [0.2, 0.25) is 0 Å². The molecule has 0 heterocycles. The second-order valence-corrected chi connectivity index (χ2v) is 6.81. The van der Waals surface area contributed by atoms with Gasteiger partial charge in [-0.15, -0.1) is 0 Å². The fourth-order valence-electron chi connectivity index (χ4n) is 2.47. The Labute approximate surface area is 114 Å². The molecule has 0 spiro atoms. The van der Waals surface area contributed by atoms with Crippen LogP contribution in [0.1, 0.15) is 39.5 Å². The third-order valence-corrected chi connectivity index (χ3v) is 5.46. The number of hydrogen-bond acceptors (Lipinski definition) is 5. The van der Waals surface area contributed by atoms with Gasteiger partial charge in [-0.3, -0.25) is 4.79 Å². The Morgan fingerprint density at radius 1 is 1.56 bits per heavy atom. The number of methoxy groups -OCH3 is 1. The highest BCUT2D eigenvalue weighted by atomic mass is 32.2. The minimum Gasteiger partial charge on any atom is -0.468 e. The van der Waals surface area contributed by atoms with E-state index in [0.29, 0.717) is 5.25 Å². The van der Waals surface area contributed by atoms with Crippen LogP contribution < -0.4 is 5.32 Å². The number of rotatable bonds is 5. The quantitative estimate of drug-likeness (QED) is 0.746. The lowest BCUT2D eigenvalue weighted by molar-refractivity contribution is -0.149. The normalized spacial score (nSPS) is 31.7. The van der Waals surface area contributed by atoms with Crippen LogP contribution in [-0.2, 0) is 9.53 Å². The lowest BCUT2D eigenvalue weighted by atomic mass is 9.81. The van der Waals surface area contributed by atoms with Gasteiger partial charge in [-0.1, -0.05) is 6.92 Å². The standard InChI is InChI=1S/C13H25NO3S/c1-9(15)10(2)18-11-6-5-7-13(8-11,14-3)12(16)17-4/h9-11,14-15H,5-8H2,1-4H3. The molecule has 0 aromatic heterocycles. The summed E-state index contributed by atoms with van der Waals surface area (Å²) < 4.78 is 4.92. The Morgan fingerprint density at radius 3 is 2.72 bits per heavy atom. The zero-order valence-electron chi connectivity index (χ0n) is 11.7. The maximum atomic E-state index is 11.9. The van der Waals surface area contributed by atoms with E-state index >= 15 is 0 Å². The molecule has 0 aliphatic heterocycles. The Kier molecular flexibility index (Phi) is 5.95. The number of carbonyl (C=O) groups is 1. The van der Waals surface area contributed by atoms with Gasteiger partial charge in [0.1, 0.15) is 5.54 Å². The average Bonchev–Trinajstić information content (AvgIpc) is 2.37. The van der Waals surface area contributed by atoms with Crippen LogP contribution in [0.15, 0.2) is 0 Å². The molecule has 1 aliphatic rings. The van der Waals surface area contributed by atoms with Crippen molar-refractivity contribution in [2.75, 3.05) is 14.2 Å². The minimum atomic E-state index is -0.539. The molecule has 4 atom stereocenters. The summed E-state index contributed by atoms with van der Waals surface area (Å²) in [5, 5.41) is 13.3. The number of likely N-dealkylation sites (N-methyl/N-ethyl adjacent to an activating group) is 1. The van der Waals surface area contributed by atoms with Crippen molar-refractivity contribution in [3.8, 4) is 0 Å². The first-order valence-corrected chi connectivity index (χ1v) is 7.50. The number of aliphatic hydroxyl groups is 1.